The quantitative estimate of drug-likeness (QED) is 0.200. The molecule has 0 atom stereocenters. The summed E-state index contributed by atoms with van der Waals surface area (Å²) in [4.78, 5) is 51.3. The van der Waals surface area contributed by atoms with Gasteiger partial charge in [-0.1, -0.05) is 0 Å². The van der Waals surface area contributed by atoms with Gasteiger partial charge in [-0.3, -0.25) is 0 Å². The number of hydrogen-bond donors (Lipinski definition) is 12. The Morgan fingerprint density at radius 1 is 0.280 bits per heavy atom. The van der Waals surface area contributed by atoms with Crippen LogP contribution in [0.3, 0.4) is 0 Å². The third-order valence-corrected chi connectivity index (χ3v) is 0. The zero-order valence-electron chi connectivity index (χ0n) is 11.2. The number of carboxylic acid groups (broad SMARTS) is 12. The van der Waals surface area contributed by atoms with Crippen LogP contribution in [0.4, 0.5) is 28.8 Å². The van der Waals surface area contributed by atoms with Gasteiger partial charge < -0.3 is 61.3 Å². The molecule has 0 fully saturated rings. The predicted octanol–water partition coefficient (Wildman–Crippen LogP) is 1.33. The van der Waals surface area contributed by atoms with E-state index < -0.39 is 36.9 Å². The Kier molecular flexibility index (Phi) is 63.5. The monoisotopic (exact) mass is 556 g/mol. The molecule has 0 aliphatic rings. The van der Waals surface area contributed by atoms with E-state index in [4.69, 9.17) is 90.0 Å². The molecular formula is C6H12O18W. The molecule has 0 aromatic rings. The van der Waals surface area contributed by atoms with Gasteiger partial charge >= 0.3 is 36.9 Å². The molecule has 0 rings (SSSR count). The van der Waals surface area contributed by atoms with Crippen LogP contribution in [0.5, 0.6) is 0 Å². The van der Waals surface area contributed by atoms with E-state index >= 15 is 0 Å². The number of carbonyl (C=O) groups is 6. The van der Waals surface area contributed by atoms with Gasteiger partial charge in [0.2, 0.25) is 0 Å². The molecule has 0 aromatic carbocycles. The van der Waals surface area contributed by atoms with Crippen molar-refractivity contribution in [2.75, 3.05) is 0 Å². The van der Waals surface area contributed by atoms with Crippen LogP contribution in [0.2, 0.25) is 0 Å². The van der Waals surface area contributed by atoms with Gasteiger partial charge in [-0.2, -0.15) is 0 Å². The van der Waals surface area contributed by atoms with Gasteiger partial charge in [-0.25, -0.2) is 28.8 Å². The van der Waals surface area contributed by atoms with E-state index in [0.29, 0.717) is 0 Å². The second-order valence-corrected chi connectivity index (χ2v) is 1.70. The smallest absolute Gasteiger partial charge is 0.450 e. The molecule has 0 radical (unpaired) electrons. The second-order valence-electron chi connectivity index (χ2n) is 1.70. The molecule has 0 saturated heterocycles. The third-order valence-electron chi connectivity index (χ3n) is 0. The molecule has 0 aliphatic heterocycles. The molecule has 0 spiro atoms. The van der Waals surface area contributed by atoms with E-state index in [1.54, 1.807) is 0 Å². The van der Waals surface area contributed by atoms with Crippen LogP contribution in [0.15, 0.2) is 0 Å². The maximum atomic E-state index is 8.56. The average Bonchev–Trinajstić information content (AvgIpc) is 2.08. The van der Waals surface area contributed by atoms with Crippen LogP contribution < -0.4 is 0 Å². The number of hydrogen-bond acceptors (Lipinski definition) is 6. The third kappa shape index (κ3) is 499. The fourth-order valence-corrected chi connectivity index (χ4v) is 0. The Hall–Kier alpha value is -3.69. The van der Waals surface area contributed by atoms with Crippen LogP contribution in [0, 0.1) is 0 Å². The van der Waals surface area contributed by atoms with Gasteiger partial charge in [0.15, 0.2) is 0 Å². The molecule has 25 heavy (non-hydrogen) atoms. The van der Waals surface area contributed by atoms with Crippen LogP contribution >= 0.6 is 0 Å². The van der Waals surface area contributed by atoms with Crippen molar-refractivity contribution in [3.63, 3.8) is 0 Å². The van der Waals surface area contributed by atoms with Crippen molar-refractivity contribution in [2.45, 2.75) is 0 Å². The Morgan fingerprint density at radius 3 is 0.280 bits per heavy atom. The maximum Gasteiger partial charge on any atom is 0.503 e. The van der Waals surface area contributed by atoms with E-state index in [-0.39, 0.29) is 21.1 Å². The van der Waals surface area contributed by atoms with Crippen molar-refractivity contribution < 1.29 is 111 Å². The first-order valence-electron chi connectivity index (χ1n) is 3.91. The summed E-state index contributed by atoms with van der Waals surface area (Å²) in [5, 5.41) is 83.7. The van der Waals surface area contributed by atoms with E-state index in [0.717, 1.165) is 0 Å². The second kappa shape index (κ2) is 37.0. The summed E-state index contributed by atoms with van der Waals surface area (Å²) in [6.07, 6.45) is -11.0. The molecule has 0 amide bonds. The normalized spacial score (nSPS) is 5.76. The van der Waals surface area contributed by atoms with Crippen molar-refractivity contribution in [3.8, 4) is 0 Å². The molecular weight excluding hydrogens is 544 g/mol. The Bertz CT molecular complexity index is 257. The maximum absolute atomic E-state index is 8.56. The van der Waals surface area contributed by atoms with Crippen molar-refractivity contribution in [3.05, 3.63) is 0 Å². The minimum Gasteiger partial charge on any atom is -0.450 e. The predicted molar refractivity (Wildman–Crippen MR) is 63.9 cm³/mol. The van der Waals surface area contributed by atoms with Crippen molar-refractivity contribution in [1.82, 2.24) is 0 Å². The molecule has 0 heterocycles. The molecule has 18 nitrogen and oxygen atoms in total. The van der Waals surface area contributed by atoms with Crippen LogP contribution in [-0.4, -0.2) is 98.2 Å². The van der Waals surface area contributed by atoms with Gasteiger partial charge in [0, 0.05) is 21.1 Å². The minimum absolute atomic E-state index is 0. The fourth-order valence-electron chi connectivity index (χ4n) is 0. The van der Waals surface area contributed by atoms with Gasteiger partial charge in [0.1, 0.15) is 0 Å². The van der Waals surface area contributed by atoms with E-state index in [2.05, 4.69) is 0 Å². The van der Waals surface area contributed by atoms with Crippen molar-refractivity contribution in [1.29, 1.82) is 0 Å². The Balaban J connectivity index is -0.0000000309. The Morgan fingerprint density at radius 2 is 0.280 bits per heavy atom. The van der Waals surface area contributed by atoms with Crippen LogP contribution in [-0.2, 0) is 21.1 Å². The molecule has 0 saturated carbocycles. The summed E-state index contributed by atoms with van der Waals surface area (Å²) in [5.41, 5.74) is 0. The van der Waals surface area contributed by atoms with E-state index in [9.17, 15) is 0 Å². The summed E-state index contributed by atoms with van der Waals surface area (Å²) < 4.78 is 0. The fraction of sp³-hybridized carbons (Fsp3) is 0. The first-order chi connectivity index (χ1) is 10.4. The topological polar surface area (TPSA) is 345 Å². The molecule has 12 N–H and O–H groups in total. The summed E-state index contributed by atoms with van der Waals surface area (Å²) in [6.45, 7) is 0. The molecule has 19 heteroatoms. The summed E-state index contributed by atoms with van der Waals surface area (Å²) in [7, 11) is 0. The van der Waals surface area contributed by atoms with Gasteiger partial charge in [-0.05, 0) is 0 Å². The largest absolute Gasteiger partial charge is 0.503 e. The standard InChI is InChI=1S/6CH2O3.W/c6*2-1(3)4;/h6*(H2,2,3,4);. The number of rotatable bonds is 0. The van der Waals surface area contributed by atoms with Crippen LogP contribution in [0.1, 0.15) is 0 Å². The zero-order valence-corrected chi connectivity index (χ0v) is 14.2. The molecule has 0 unspecified atom stereocenters. The summed E-state index contributed by atoms with van der Waals surface area (Å²) in [5.74, 6) is 0. The Labute approximate surface area is 148 Å². The zero-order chi connectivity index (χ0) is 21.5. The van der Waals surface area contributed by atoms with E-state index in [1.807, 2.05) is 0 Å². The summed E-state index contributed by atoms with van der Waals surface area (Å²) >= 11 is 0. The SMILES string of the molecule is O=C(O)O.O=C(O)O.O=C(O)O.O=C(O)O.O=C(O)O.O=C(O)O.[W]. The van der Waals surface area contributed by atoms with Gasteiger partial charge in [0.25, 0.3) is 0 Å². The molecule has 0 aliphatic carbocycles. The summed E-state index contributed by atoms with van der Waals surface area (Å²) in [6, 6.07) is 0. The van der Waals surface area contributed by atoms with Crippen molar-refractivity contribution in [2.24, 2.45) is 0 Å². The molecule has 0 aromatic heterocycles. The van der Waals surface area contributed by atoms with Crippen molar-refractivity contribution >= 4 is 36.9 Å². The molecule has 150 valence electrons. The average molecular weight is 556 g/mol. The molecule has 0 bridgehead atoms. The van der Waals surface area contributed by atoms with E-state index in [1.165, 1.54) is 0 Å². The van der Waals surface area contributed by atoms with Gasteiger partial charge in [-0.15, -0.1) is 0 Å². The van der Waals surface area contributed by atoms with Gasteiger partial charge in [0.05, 0.1) is 0 Å². The first kappa shape index (κ1) is 42.9. The minimum atomic E-state index is -1.83. The first-order valence-corrected chi connectivity index (χ1v) is 3.91. The van der Waals surface area contributed by atoms with Crippen LogP contribution in [0.25, 0.3) is 0 Å².